The molecule has 2 saturated heterocycles. The number of piperidine rings is 1. The Balaban J connectivity index is 1.11. The smallest absolute Gasteiger partial charge is 0.123 e. The average molecular weight is 451 g/mol. The van der Waals surface area contributed by atoms with Crippen LogP contribution in [-0.2, 0) is 13.0 Å². The van der Waals surface area contributed by atoms with Crippen LogP contribution < -0.4 is 0 Å². The third-order valence-corrected chi connectivity index (χ3v) is 7.57. The van der Waals surface area contributed by atoms with Crippen LogP contribution in [0.3, 0.4) is 0 Å². The molecule has 3 heterocycles. The van der Waals surface area contributed by atoms with Crippen molar-refractivity contribution in [3.05, 3.63) is 71.2 Å². The van der Waals surface area contributed by atoms with Crippen LogP contribution in [0.1, 0.15) is 23.2 Å². The van der Waals surface area contributed by atoms with Crippen LogP contribution in [-0.4, -0.2) is 82.7 Å². The van der Waals surface area contributed by atoms with E-state index in [2.05, 4.69) is 50.0 Å². The number of aliphatic hydroxyl groups is 1. The standard InChI is InChI=1S/C27H35FN4O/c1-20-23-17-22(28)7-8-24(23)29-25(20)18-31-12-10-26(27(33)19-31)32-15-13-30(14-16-32)11-9-21-5-3-2-4-6-21/h2-8,17,26-27,29,33H,9-16,18-19H2,1H3/t26-,27-/m1/s1. The van der Waals surface area contributed by atoms with Crippen molar-refractivity contribution < 1.29 is 9.50 Å². The van der Waals surface area contributed by atoms with Gasteiger partial charge in [-0.3, -0.25) is 9.80 Å². The molecule has 2 N–H and O–H groups in total. The predicted molar refractivity (Wildman–Crippen MR) is 131 cm³/mol. The molecule has 33 heavy (non-hydrogen) atoms. The van der Waals surface area contributed by atoms with Crippen LogP contribution >= 0.6 is 0 Å². The number of nitrogens with zero attached hydrogens (tertiary/aromatic N) is 3. The number of likely N-dealkylation sites (tertiary alicyclic amines) is 1. The number of benzene rings is 2. The topological polar surface area (TPSA) is 45.7 Å². The molecule has 2 atom stereocenters. The van der Waals surface area contributed by atoms with E-state index in [1.165, 1.54) is 11.6 Å². The van der Waals surface area contributed by atoms with Crippen molar-refractivity contribution in [2.75, 3.05) is 45.8 Å². The first-order valence-corrected chi connectivity index (χ1v) is 12.2. The molecule has 1 aromatic heterocycles. The predicted octanol–water partition coefficient (Wildman–Crippen LogP) is 3.41. The first-order valence-electron chi connectivity index (χ1n) is 12.2. The lowest BCUT2D eigenvalue weighted by Gasteiger charge is -2.45. The Morgan fingerprint density at radius 1 is 1.00 bits per heavy atom. The fourth-order valence-corrected chi connectivity index (χ4v) is 5.54. The average Bonchev–Trinajstić information content (AvgIpc) is 3.13. The largest absolute Gasteiger partial charge is 0.390 e. The van der Waals surface area contributed by atoms with Crippen LogP contribution in [0, 0.1) is 12.7 Å². The maximum Gasteiger partial charge on any atom is 0.123 e. The van der Waals surface area contributed by atoms with Gasteiger partial charge < -0.3 is 15.0 Å². The van der Waals surface area contributed by atoms with E-state index in [4.69, 9.17) is 0 Å². The monoisotopic (exact) mass is 450 g/mol. The molecule has 6 heteroatoms. The van der Waals surface area contributed by atoms with Gasteiger partial charge in [0.05, 0.1) is 6.10 Å². The molecule has 3 aromatic rings. The lowest BCUT2D eigenvalue weighted by Crippen LogP contribution is -2.58. The summed E-state index contributed by atoms with van der Waals surface area (Å²) >= 11 is 0. The van der Waals surface area contributed by atoms with Crippen LogP contribution in [0.15, 0.2) is 48.5 Å². The number of nitrogens with one attached hydrogen (secondary N) is 1. The molecule has 5 rings (SSSR count). The van der Waals surface area contributed by atoms with Crippen molar-refractivity contribution >= 4 is 10.9 Å². The van der Waals surface area contributed by atoms with Gasteiger partial charge in [-0.2, -0.15) is 0 Å². The van der Waals surface area contributed by atoms with E-state index >= 15 is 0 Å². The number of β-amino-alcohol motifs (C(OH)–C–C–N with tert-alkyl or cyclic N) is 1. The molecule has 2 aromatic carbocycles. The van der Waals surface area contributed by atoms with Crippen LogP contribution in [0.2, 0.25) is 0 Å². The van der Waals surface area contributed by atoms with E-state index in [0.29, 0.717) is 6.54 Å². The van der Waals surface area contributed by atoms with Crippen molar-refractivity contribution in [3.8, 4) is 0 Å². The number of fused-ring (bicyclic) bond motifs is 1. The minimum atomic E-state index is -0.336. The lowest BCUT2D eigenvalue weighted by molar-refractivity contribution is -0.0310. The van der Waals surface area contributed by atoms with Gasteiger partial charge in [-0.05, 0) is 49.1 Å². The molecular formula is C27H35FN4O. The van der Waals surface area contributed by atoms with Gasteiger partial charge in [0, 0.05) is 75.0 Å². The Bertz CT molecular complexity index is 1060. The Hall–Kier alpha value is -2.25. The number of hydrogen-bond acceptors (Lipinski definition) is 4. The van der Waals surface area contributed by atoms with Crippen molar-refractivity contribution in [2.24, 2.45) is 0 Å². The molecule has 2 fully saturated rings. The quantitative estimate of drug-likeness (QED) is 0.604. The van der Waals surface area contributed by atoms with Gasteiger partial charge in [0.2, 0.25) is 0 Å². The Labute approximate surface area is 195 Å². The normalized spacial score (nSPS) is 23.4. The summed E-state index contributed by atoms with van der Waals surface area (Å²) in [7, 11) is 0. The van der Waals surface area contributed by atoms with Crippen molar-refractivity contribution in [1.82, 2.24) is 19.7 Å². The third-order valence-electron chi connectivity index (χ3n) is 7.57. The van der Waals surface area contributed by atoms with E-state index < -0.39 is 0 Å². The molecule has 0 saturated carbocycles. The lowest BCUT2D eigenvalue weighted by atomic mass is 9.98. The van der Waals surface area contributed by atoms with Crippen molar-refractivity contribution in [2.45, 2.75) is 38.5 Å². The molecule has 0 spiro atoms. The molecule has 5 nitrogen and oxygen atoms in total. The molecule has 0 unspecified atom stereocenters. The Morgan fingerprint density at radius 2 is 1.79 bits per heavy atom. The zero-order chi connectivity index (χ0) is 22.8. The van der Waals surface area contributed by atoms with Crippen molar-refractivity contribution in [1.29, 1.82) is 0 Å². The molecule has 2 aliphatic heterocycles. The maximum absolute atomic E-state index is 13.6. The highest BCUT2D eigenvalue weighted by atomic mass is 19.1. The number of hydrogen-bond donors (Lipinski definition) is 2. The second-order valence-electron chi connectivity index (χ2n) is 9.69. The first-order chi connectivity index (χ1) is 16.1. The summed E-state index contributed by atoms with van der Waals surface area (Å²) in [6, 6.07) is 15.9. The van der Waals surface area contributed by atoms with Crippen LogP contribution in [0.4, 0.5) is 4.39 Å². The fourth-order valence-electron chi connectivity index (χ4n) is 5.54. The fraction of sp³-hybridized carbons (Fsp3) is 0.481. The molecule has 0 amide bonds. The van der Waals surface area contributed by atoms with Crippen molar-refractivity contribution in [3.63, 3.8) is 0 Å². The number of aryl methyl sites for hydroxylation is 1. The van der Waals surface area contributed by atoms with E-state index in [9.17, 15) is 9.50 Å². The summed E-state index contributed by atoms with van der Waals surface area (Å²) in [5.74, 6) is -0.201. The molecule has 2 aliphatic rings. The maximum atomic E-state index is 13.6. The number of piperazine rings is 1. The summed E-state index contributed by atoms with van der Waals surface area (Å²) in [6.07, 6.45) is 1.75. The summed E-state index contributed by atoms with van der Waals surface area (Å²) in [6.45, 7) is 9.78. The second kappa shape index (κ2) is 9.94. The number of aromatic amines is 1. The first kappa shape index (κ1) is 22.5. The SMILES string of the molecule is Cc1c(CN2CC[C@@H](N3CCN(CCc4ccccc4)CC3)[C@H](O)C2)[nH]c2ccc(F)cc12. The molecule has 0 aliphatic carbocycles. The van der Waals surface area contributed by atoms with E-state index in [0.717, 1.165) is 80.8 Å². The van der Waals surface area contributed by atoms with Gasteiger partial charge in [-0.1, -0.05) is 30.3 Å². The number of rotatable bonds is 6. The van der Waals surface area contributed by atoms with E-state index in [-0.39, 0.29) is 18.0 Å². The zero-order valence-electron chi connectivity index (χ0n) is 19.5. The summed E-state index contributed by atoms with van der Waals surface area (Å²) in [4.78, 5) is 10.8. The molecule has 176 valence electrons. The number of aliphatic hydroxyl groups excluding tert-OH is 1. The van der Waals surface area contributed by atoms with Gasteiger partial charge in [-0.25, -0.2) is 4.39 Å². The molecular weight excluding hydrogens is 415 g/mol. The van der Waals surface area contributed by atoms with Gasteiger partial charge in [0.25, 0.3) is 0 Å². The molecule has 0 radical (unpaired) electrons. The number of halogens is 1. The van der Waals surface area contributed by atoms with Gasteiger partial charge >= 0.3 is 0 Å². The van der Waals surface area contributed by atoms with Crippen LogP contribution in [0.25, 0.3) is 10.9 Å². The summed E-state index contributed by atoms with van der Waals surface area (Å²) in [5.41, 5.74) is 4.60. The van der Waals surface area contributed by atoms with Gasteiger partial charge in [-0.15, -0.1) is 0 Å². The van der Waals surface area contributed by atoms with Gasteiger partial charge in [0.1, 0.15) is 5.82 Å². The van der Waals surface area contributed by atoms with Gasteiger partial charge in [0.15, 0.2) is 0 Å². The minimum Gasteiger partial charge on any atom is -0.390 e. The highest BCUT2D eigenvalue weighted by Gasteiger charge is 2.33. The zero-order valence-corrected chi connectivity index (χ0v) is 19.5. The van der Waals surface area contributed by atoms with Crippen LogP contribution in [0.5, 0.6) is 0 Å². The summed E-state index contributed by atoms with van der Waals surface area (Å²) < 4.78 is 13.6. The second-order valence-corrected chi connectivity index (χ2v) is 9.69. The summed E-state index contributed by atoms with van der Waals surface area (Å²) in [5, 5.41) is 11.9. The Morgan fingerprint density at radius 3 is 2.55 bits per heavy atom. The minimum absolute atomic E-state index is 0.201. The molecule has 0 bridgehead atoms. The number of H-pyrrole nitrogens is 1. The Kier molecular flexibility index (Phi) is 6.79. The third kappa shape index (κ3) is 5.14. The highest BCUT2D eigenvalue weighted by molar-refractivity contribution is 5.84. The highest BCUT2D eigenvalue weighted by Crippen LogP contribution is 2.26. The van der Waals surface area contributed by atoms with E-state index in [1.807, 2.05) is 13.0 Å². The number of aromatic nitrogens is 1. The van der Waals surface area contributed by atoms with E-state index in [1.54, 1.807) is 6.07 Å².